The van der Waals surface area contributed by atoms with Crippen LogP contribution in [-0.4, -0.2) is 90.8 Å². The third-order valence-electron chi connectivity index (χ3n) is 9.47. The van der Waals surface area contributed by atoms with Gasteiger partial charge in [-0.2, -0.15) is 18.2 Å². The highest BCUT2D eigenvalue weighted by molar-refractivity contribution is 6.02. The Kier molecular flexibility index (Phi) is 8.27. The normalized spacial score (nSPS) is 20.2. The number of rotatable bonds is 8. The van der Waals surface area contributed by atoms with Gasteiger partial charge in [-0.05, 0) is 63.1 Å². The fourth-order valence-corrected chi connectivity index (χ4v) is 6.66. The molecule has 1 aromatic carbocycles. The van der Waals surface area contributed by atoms with E-state index >= 15 is 0 Å². The fourth-order valence-electron chi connectivity index (χ4n) is 6.66. The van der Waals surface area contributed by atoms with Crippen LogP contribution in [-0.2, 0) is 11.3 Å². The van der Waals surface area contributed by atoms with Crippen molar-refractivity contribution in [3.63, 3.8) is 0 Å². The number of hydrogen-bond acceptors (Lipinski definition) is 8. The maximum absolute atomic E-state index is 13.6. The Hall–Kier alpha value is -4.07. The summed E-state index contributed by atoms with van der Waals surface area (Å²) in [5.41, 5.74) is 2.59. The number of carbonyl (C=O) groups excluding carboxylic acids is 2. The van der Waals surface area contributed by atoms with Crippen LogP contribution >= 0.6 is 0 Å². The van der Waals surface area contributed by atoms with E-state index in [9.17, 15) is 22.8 Å². The number of aromatic nitrogens is 2. The summed E-state index contributed by atoms with van der Waals surface area (Å²) in [6.45, 7) is 5.23. The average Bonchev–Trinajstić information content (AvgIpc) is 3.77. The molecule has 3 amide bonds. The number of urea groups is 1. The number of likely N-dealkylation sites (N-methyl/N-ethyl adjacent to an activating group) is 1. The van der Waals surface area contributed by atoms with Crippen molar-refractivity contribution >= 4 is 40.8 Å². The van der Waals surface area contributed by atoms with Crippen LogP contribution in [0.2, 0.25) is 0 Å². The minimum absolute atomic E-state index is 0.150. The Labute approximate surface area is 260 Å². The summed E-state index contributed by atoms with van der Waals surface area (Å²) in [7, 11) is 3.60. The largest absolute Gasteiger partial charge is 0.494 e. The number of fused-ring (bicyclic) bond motifs is 1. The van der Waals surface area contributed by atoms with Gasteiger partial charge in [-0.25, -0.2) is 9.78 Å². The smallest absolute Gasteiger partial charge is 0.406 e. The van der Waals surface area contributed by atoms with E-state index < -0.39 is 18.8 Å². The van der Waals surface area contributed by atoms with Crippen LogP contribution in [0.3, 0.4) is 0 Å². The van der Waals surface area contributed by atoms with Crippen molar-refractivity contribution in [2.45, 2.75) is 57.3 Å². The van der Waals surface area contributed by atoms with Crippen LogP contribution < -0.4 is 25.2 Å². The number of piperazine rings is 1. The molecule has 1 spiro atoms. The van der Waals surface area contributed by atoms with E-state index in [-0.39, 0.29) is 24.4 Å². The molecule has 2 saturated carbocycles. The zero-order valence-corrected chi connectivity index (χ0v) is 25.6. The van der Waals surface area contributed by atoms with Crippen molar-refractivity contribution < 1.29 is 27.5 Å². The minimum atomic E-state index is -4.53. The first-order valence-electron chi connectivity index (χ1n) is 15.3. The van der Waals surface area contributed by atoms with Gasteiger partial charge in [-0.1, -0.05) is 6.58 Å². The number of anilines is 5. The molecule has 242 valence electrons. The average molecular weight is 629 g/mol. The third-order valence-corrected chi connectivity index (χ3v) is 9.47. The van der Waals surface area contributed by atoms with Crippen molar-refractivity contribution in [1.82, 2.24) is 19.8 Å². The quantitative estimate of drug-likeness (QED) is 0.388. The molecule has 45 heavy (non-hydrogen) atoms. The zero-order valence-electron chi connectivity index (χ0n) is 25.6. The molecule has 11 nitrogen and oxygen atoms in total. The highest BCUT2D eigenvalue weighted by Crippen LogP contribution is 2.57. The summed E-state index contributed by atoms with van der Waals surface area (Å²) in [6, 6.07) is 2.64. The molecule has 2 aromatic rings. The number of alkyl halides is 3. The number of hydrogen-bond donors (Lipinski definition) is 2. The Morgan fingerprint density at radius 2 is 1.84 bits per heavy atom. The topological polar surface area (TPSA) is 106 Å². The lowest BCUT2D eigenvalue weighted by atomic mass is 9.82. The molecule has 2 aliphatic heterocycles. The lowest BCUT2D eigenvalue weighted by Gasteiger charge is -2.42. The lowest BCUT2D eigenvalue weighted by Crippen LogP contribution is -2.55. The molecule has 6 rings (SSSR count). The van der Waals surface area contributed by atoms with Gasteiger partial charge in [0.1, 0.15) is 18.1 Å². The van der Waals surface area contributed by atoms with Gasteiger partial charge < -0.3 is 30.1 Å². The van der Waals surface area contributed by atoms with E-state index in [1.165, 1.54) is 37.1 Å². The zero-order chi connectivity index (χ0) is 31.9. The first kappa shape index (κ1) is 30.9. The van der Waals surface area contributed by atoms with E-state index in [1.807, 2.05) is 6.07 Å². The maximum atomic E-state index is 13.6. The molecule has 0 bridgehead atoms. The summed E-state index contributed by atoms with van der Waals surface area (Å²) in [5.74, 6) is 0.579. The van der Waals surface area contributed by atoms with Crippen LogP contribution in [0.15, 0.2) is 31.0 Å². The second-order valence-electron chi connectivity index (χ2n) is 12.6. The van der Waals surface area contributed by atoms with Gasteiger partial charge in [0.15, 0.2) is 0 Å². The lowest BCUT2D eigenvalue weighted by molar-refractivity contribution is -0.141. The summed E-state index contributed by atoms with van der Waals surface area (Å²) in [5, 5.41) is 6.06. The molecule has 2 N–H and O–H groups in total. The Morgan fingerprint density at radius 1 is 1.13 bits per heavy atom. The monoisotopic (exact) mass is 628 g/mol. The van der Waals surface area contributed by atoms with Gasteiger partial charge in [0.2, 0.25) is 11.9 Å². The first-order chi connectivity index (χ1) is 21.5. The number of methoxy groups -OCH3 is 1. The maximum Gasteiger partial charge on any atom is 0.406 e. The van der Waals surface area contributed by atoms with Crippen molar-refractivity contribution in [2.75, 3.05) is 67.3 Å². The third kappa shape index (κ3) is 6.65. The molecule has 1 saturated heterocycles. The number of carbonyl (C=O) groups is 2. The fraction of sp³-hybridized carbons (Fsp3) is 0.548. The van der Waals surface area contributed by atoms with Gasteiger partial charge >= 0.3 is 12.2 Å². The molecule has 14 heteroatoms. The molecule has 0 radical (unpaired) electrons. The highest BCUT2D eigenvalue weighted by Gasteiger charge is 2.48. The van der Waals surface area contributed by atoms with Crippen LogP contribution in [0.4, 0.5) is 46.8 Å². The highest BCUT2D eigenvalue weighted by atomic mass is 19.4. The van der Waals surface area contributed by atoms with Crippen LogP contribution in [0.1, 0.15) is 44.1 Å². The van der Waals surface area contributed by atoms with Crippen molar-refractivity contribution in [3.05, 3.63) is 36.5 Å². The Balaban J connectivity index is 1.33. The molecule has 4 aliphatic rings. The number of ether oxygens (including phenoxy) is 1. The van der Waals surface area contributed by atoms with Crippen LogP contribution in [0, 0.1) is 5.41 Å². The first-order valence-corrected chi connectivity index (χ1v) is 15.3. The Bertz CT molecular complexity index is 1460. The molecule has 1 aromatic heterocycles. The molecular formula is C31H39F3N8O3. The molecule has 3 fully saturated rings. The SMILES string of the molecule is C=CC(=O)Nc1cc(Nc2ncc3c(n2)N(C2CCC4(CC2)CC4)C(=O)N(CC(F)(F)F)C3)c(OC)cc1N1CCN(C)CC1. The van der Waals surface area contributed by atoms with E-state index in [2.05, 4.69) is 39.0 Å². The minimum Gasteiger partial charge on any atom is -0.494 e. The number of nitrogens with zero attached hydrogens (tertiary/aromatic N) is 6. The van der Waals surface area contributed by atoms with E-state index in [0.29, 0.717) is 46.8 Å². The number of halogens is 3. The van der Waals surface area contributed by atoms with Crippen LogP contribution in [0.5, 0.6) is 5.75 Å². The number of nitrogens with one attached hydrogen (secondary N) is 2. The summed E-state index contributed by atoms with van der Waals surface area (Å²) >= 11 is 0. The molecule has 0 atom stereocenters. The van der Waals surface area contributed by atoms with E-state index in [4.69, 9.17) is 9.72 Å². The number of benzene rings is 1. The van der Waals surface area contributed by atoms with Gasteiger partial charge in [0.05, 0.1) is 30.7 Å². The molecule has 3 heterocycles. The van der Waals surface area contributed by atoms with Crippen molar-refractivity contribution in [2.24, 2.45) is 5.41 Å². The van der Waals surface area contributed by atoms with E-state index in [1.54, 1.807) is 6.07 Å². The Morgan fingerprint density at radius 3 is 2.47 bits per heavy atom. The summed E-state index contributed by atoms with van der Waals surface area (Å²) in [4.78, 5) is 41.8. The van der Waals surface area contributed by atoms with Gasteiger partial charge in [-0.15, -0.1) is 0 Å². The molecular weight excluding hydrogens is 589 g/mol. The van der Waals surface area contributed by atoms with Gasteiger partial charge in [0.25, 0.3) is 0 Å². The summed E-state index contributed by atoms with van der Waals surface area (Å²) in [6.07, 6.45) is 3.81. The number of amides is 3. The van der Waals surface area contributed by atoms with Crippen molar-refractivity contribution in [3.8, 4) is 5.75 Å². The van der Waals surface area contributed by atoms with Crippen molar-refractivity contribution in [1.29, 1.82) is 0 Å². The molecule has 2 aliphatic carbocycles. The predicted octanol–water partition coefficient (Wildman–Crippen LogP) is 5.13. The second kappa shape index (κ2) is 12.0. The summed E-state index contributed by atoms with van der Waals surface area (Å²) < 4.78 is 46.1. The second-order valence-corrected chi connectivity index (χ2v) is 12.6. The van der Waals surface area contributed by atoms with E-state index in [0.717, 1.165) is 49.6 Å². The predicted molar refractivity (Wildman–Crippen MR) is 165 cm³/mol. The molecule has 0 unspecified atom stereocenters. The van der Waals surface area contributed by atoms with Gasteiger partial charge in [0, 0.05) is 50.0 Å². The van der Waals surface area contributed by atoms with Gasteiger partial charge in [-0.3, -0.25) is 9.69 Å². The van der Waals surface area contributed by atoms with Crippen LogP contribution in [0.25, 0.3) is 0 Å². The standard InChI is InChI=1S/C31H39F3N8O3/c1-4-26(43)36-22-15-23(25(45-3)16-24(22)40-13-11-39(2)12-14-40)37-28-35-17-20-18-41(19-31(32,33)34)29(44)42(27(20)38-28)21-5-7-30(8-6-21)9-10-30/h4,15-17,21H,1,5-14,18-19H2,2-3H3,(H,36,43)(H,35,37,38).